The summed E-state index contributed by atoms with van der Waals surface area (Å²) in [5.74, 6) is 0.644. The predicted molar refractivity (Wildman–Crippen MR) is 69.1 cm³/mol. The first-order valence-electron chi connectivity index (χ1n) is 6.30. The monoisotopic (exact) mass is 232 g/mol. The lowest BCUT2D eigenvalue weighted by Crippen LogP contribution is -2.29. The van der Waals surface area contributed by atoms with Gasteiger partial charge in [-0.15, -0.1) is 0 Å². The fourth-order valence-corrected chi connectivity index (χ4v) is 2.47. The minimum absolute atomic E-state index is 0.0845. The molecule has 17 heavy (non-hydrogen) atoms. The summed E-state index contributed by atoms with van der Waals surface area (Å²) in [6.07, 6.45) is 2.93. The Labute approximate surface area is 103 Å². The standard InChI is InChI=1S/C14H20N2O/c1-15-14(17)9-11-5-2-3-7-13(11)12-6-4-8-16-10-12/h2-3,5,7,12,16H,4,6,8-10H2,1H3,(H,15,17). The Morgan fingerprint density at radius 1 is 1.47 bits per heavy atom. The molecule has 2 rings (SSSR count). The average molecular weight is 232 g/mol. The summed E-state index contributed by atoms with van der Waals surface area (Å²) in [4.78, 5) is 11.5. The molecule has 1 saturated heterocycles. The maximum Gasteiger partial charge on any atom is 0.224 e. The van der Waals surface area contributed by atoms with Crippen LogP contribution in [-0.2, 0) is 11.2 Å². The van der Waals surface area contributed by atoms with E-state index in [4.69, 9.17) is 0 Å². The number of hydrogen-bond acceptors (Lipinski definition) is 2. The lowest BCUT2D eigenvalue weighted by Gasteiger charge is -2.25. The summed E-state index contributed by atoms with van der Waals surface area (Å²) in [6.45, 7) is 2.15. The van der Waals surface area contributed by atoms with Gasteiger partial charge in [-0.05, 0) is 36.4 Å². The molecule has 3 heteroatoms. The summed E-state index contributed by atoms with van der Waals surface area (Å²) in [5.41, 5.74) is 2.50. The van der Waals surface area contributed by atoms with Crippen LogP contribution in [0.5, 0.6) is 0 Å². The van der Waals surface area contributed by atoms with Gasteiger partial charge in [-0.25, -0.2) is 0 Å². The average Bonchev–Trinajstić information content (AvgIpc) is 2.40. The van der Waals surface area contributed by atoms with Crippen LogP contribution in [0.25, 0.3) is 0 Å². The minimum Gasteiger partial charge on any atom is -0.359 e. The van der Waals surface area contributed by atoms with Crippen LogP contribution < -0.4 is 10.6 Å². The smallest absolute Gasteiger partial charge is 0.224 e. The molecule has 1 heterocycles. The zero-order valence-electron chi connectivity index (χ0n) is 10.3. The fraction of sp³-hybridized carbons (Fsp3) is 0.500. The van der Waals surface area contributed by atoms with Gasteiger partial charge in [0.15, 0.2) is 0 Å². The lowest BCUT2D eigenvalue weighted by molar-refractivity contribution is -0.119. The van der Waals surface area contributed by atoms with Gasteiger partial charge in [-0.3, -0.25) is 4.79 Å². The van der Waals surface area contributed by atoms with Crippen LogP contribution in [0.4, 0.5) is 0 Å². The number of benzene rings is 1. The molecule has 1 aromatic carbocycles. The zero-order chi connectivity index (χ0) is 12.1. The van der Waals surface area contributed by atoms with E-state index in [0.29, 0.717) is 12.3 Å². The van der Waals surface area contributed by atoms with Gasteiger partial charge in [0.25, 0.3) is 0 Å². The van der Waals surface area contributed by atoms with Crippen molar-refractivity contribution in [1.82, 2.24) is 10.6 Å². The topological polar surface area (TPSA) is 41.1 Å². The van der Waals surface area contributed by atoms with Crippen molar-refractivity contribution in [3.8, 4) is 0 Å². The molecular formula is C14H20N2O. The van der Waals surface area contributed by atoms with E-state index in [1.807, 2.05) is 6.07 Å². The lowest BCUT2D eigenvalue weighted by atomic mass is 9.87. The Morgan fingerprint density at radius 2 is 2.29 bits per heavy atom. The molecule has 0 saturated carbocycles. The van der Waals surface area contributed by atoms with Gasteiger partial charge >= 0.3 is 0 Å². The van der Waals surface area contributed by atoms with Gasteiger partial charge in [-0.1, -0.05) is 24.3 Å². The molecule has 0 aliphatic carbocycles. The molecule has 3 nitrogen and oxygen atoms in total. The predicted octanol–water partition coefficient (Wildman–Crippen LogP) is 1.44. The van der Waals surface area contributed by atoms with Gasteiger partial charge in [0.05, 0.1) is 6.42 Å². The zero-order valence-corrected chi connectivity index (χ0v) is 10.3. The van der Waals surface area contributed by atoms with Crippen LogP contribution in [0, 0.1) is 0 Å². The van der Waals surface area contributed by atoms with E-state index in [0.717, 1.165) is 13.1 Å². The Balaban J connectivity index is 2.17. The van der Waals surface area contributed by atoms with Crippen molar-refractivity contribution < 1.29 is 4.79 Å². The summed E-state index contributed by atoms with van der Waals surface area (Å²) in [5, 5.41) is 6.12. The SMILES string of the molecule is CNC(=O)Cc1ccccc1C1CCCNC1. The largest absolute Gasteiger partial charge is 0.359 e. The van der Waals surface area contributed by atoms with E-state index >= 15 is 0 Å². The number of carbonyl (C=O) groups excluding carboxylic acids is 1. The van der Waals surface area contributed by atoms with Gasteiger partial charge in [-0.2, -0.15) is 0 Å². The molecule has 1 atom stereocenters. The Hall–Kier alpha value is -1.35. The number of carbonyl (C=O) groups is 1. The highest BCUT2D eigenvalue weighted by Gasteiger charge is 2.18. The molecule has 0 aromatic heterocycles. The van der Waals surface area contributed by atoms with Crippen molar-refractivity contribution in [3.05, 3.63) is 35.4 Å². The number of hydrogen-bond donors (Lipinski definition) is 2. The normalized spacial score (nSPS) is 19.9. The van der Waals surface area contributed by atoms with Crippen molar-refractivity contribution in [1.29, 1.82) is 0 Å². The van der Waals surface area contributed by atoms with Gasteiger partial charge in [0.1, 0.15) is 0 Å². The molecule has 1 aliphatic heterocycles. The fourth-order valence-electron chi connectivity index (χ4n) is 2.47. The number of rotatable bonds is 3. The molecule has 1 aromatic rings. The molecular weight excluding hydrogens is 212 g/mol. The third-order valence-corrected chi connectivity index (χ3v) is 3.42. The Kier molecular flexibility index (Phi) is 4.15. The highest BCUT2D eigenvalue weighted by molar-refractivity contribution is 5.78. The second-order valence-electron chi connectivity index (χ2n) is 4.59. The van der Waals surface area contributed by atoms with Crippen molar-refractivity contribution >= 4 is 5.91 Å². The molecule has 2 N–H and O–H groups in total. The molecule has 0 bridgehead atoms. The maximum atomic E-state index is 11.5. The van der Waals surface area contributed by atoms with Crippen molar-refractivity contribution in [2.45, 2.75) is 25.2 Å². The van der Waals surface area contributed by atoms with Crippen LogP contribution in [0.15, 0.2) is 24.3 Å². The van der Waals surface area contributed by atoms with Crippen molar-refractivity contribution in [2.75, 3.05) is 20.1 Å². The van der Waals surface area contributed by atoms with Crippen LogP contribution in [0.2, 0.25) is 0 Å². The molecule has 0 radical (unpaired) electrons. The summed E-state index contributed by atoms with van der Waals surface area (Å²) >= 11 is 0. The third kappa shape index (κ3) is 3.07. The molecule has 1 aliphatic rings. The first kappa shape index (κ1) is 12.1. The van der Waals surface area contributed by atoms with E-state index in [9.17, 15) is 4.79 Å². The van der Waals surface area contributed by atoms with Crippen LogP contribution in [0.3, 0.4) is 0 Å². The number of piperidine rings is 1. The first-order chi connectivity index (χ1) is 8.31. The highest BCUT2D eigenvalue weighted by atomic mass is 16.1. The Morgan fingerprint density at radius 3 is 3.00 bits per heavy atom. The van der Waals surface area contributed by atoms with Crippen LogP contribution in [-0.4, -0.2) is 26.0 Å². The van der Waals surface area contributed by atoms with Crippen LogP contribution >= 0.6 is 0 Å². The molecule has 1 amide bonds. The second kappa shape index (κ2) is 5.82. The second-order valence-corrected chi connectivity index (χ2v) is 4.59. The van der Waals surface area contributed by atoms with Gasteiger partial charge < -0.3 is 10.6 Å². The van der Waals surface area contributed by atoms with Crippen molar-refractivity contribution in [3.63, 3.8) is 0 Å². The van der Waals surface area contributed by atoms with E-state index in [1.165, 1.54) is 24.0 Å². The van der Waals surface area contributed by atoms with Gasteiger partial charge in [0, 0.05) is 13.6 Å². The number of nitrogens with one attached hydrogen (secondary N) is 2. The Bertz CT molecular complexity index is 384. The minimum atomic E-state index is 0.0845. The summed E-state index contributed by atoms with van der Waals surface area (Å²) < 4.78 is 0. The van der Waals surface area contributed by atoms with E-state index in [1.54, 1.807) is 7.05 Å². The van der Waals surface area contributed by atoms with Gasteiger partial charge in [0.2, 0.25) is 5.91 Å². The van der Waals surface area contributed by atoms with Crippen LogP contribution in [0.1, 0.15) is 29.9 Å². The number of likely N-dealkylation sites (N-methyl/N-ethyl adjacent to an activating group) is 1. The molecule has 1 fully saturated rings. The van der Waals surface area contributed by atoms with E-state index in [2.05, 4.69) is 28.8 Å². The highest BCUT2D eigenvalue weighted by Crippen LogP contribution is 2.26. The molecule has 1 unspecified atom stereocenters. The van der Waals surface area contributed by atoms with E-state index in [-0.39, 0.29) is 5.91 Å². The quantitative estimate of drug-likeness (QED) is 0.828. The summed E-state index contributed by atoms with van der Waals surface area (Å²) in [6, 6.07) is 8.31. The van der Waals surface area contributed by atoms with E-state index < -0.39 is 0 Å². The first-order valence-corrected chi connectivity index (χ1v) is 6.30. The van der Waals surface area contributed by atoms with Crippen molar-refractivity contribution in [2.24, 2.45) is 0 Å². The molecule has 92 valence electrons. The molecule has 0 spiro atoms. The number of amides is 1. The summed E-state index contributed by atoms with van der Waals surface area (Å²) in [7, 11) is 1.69. The maximum absolute atomic E-state index is 11.5. The third-order valence-electron chi connectivity index (χ3n) is 3.42.